The van der Waals surface area contributed by atoms with Gasteiger partial charge in [-0.2, -0.15) is 13.2 Å². The first-order valence-corrected chi connectivity index (χ1v) is 11.1. The summed E-state index contributed by atoms with van der Waals surface area (Å²) in [4.78, 5) is 30.7. The van der Waals surface area contributed by atoms with Crippen LogP contribution >= 0.6 is 0 Å². The van der Waals surface area contributed by atoms with E-state index >= 15 is 0 Å². The van der Waals surface area contributed by atoms with Gasteiger partial charge in [0, 0.05) is 44.0 Å². The van der Waals surface area contributed by atoms with Gasteiger partial charge in [-0.25, -0.2) is 0 Å². The predicted molar refractivity (Wildman–Crippen MR) is 113 cm³/mol. The van der Waals surface area contributed by atoms with Crippen LogP contribution in [0.5, 0.6) is 0 Å². The molecular formula is C23H32F3N3O3. The number of aliphatic carboxylic acids is 1. The van der Waals surface area contributed by atoms with E-state index in [-0.39, 0.29) is 24.4 Å². The molecule has 1 fully saturated rings. The van der Waals surface area contributed by atoms with Gasteiger partial charge < -0.3 is 15.3 Å². The number of carbonyl (C=O) groups excluding carboxylic acids is 1. The number of rotatable bonds is 6. The number of halogens is 3. The summed E-state index contributed by atoms with van der Waals surface area (Å²) in [6.45, 7) is 8.19. The quantitative estimate of drug-likeness (QED) is 0.680. The predicted octanol–water partition coefficient (Wildman–Crippen LogP) is 3.88. The molecule has 2 heterocycles. The summed E-state index contributed by atoms with van der Waals surface area (Å²) in [6.07, 6.45) is -1.17. The molecule has 1 aromatic rings. The fourth-order valence-corrected chi connectivity index (χ4v) is 4.76. The van der Waals surface area contributed by atoms with Gasteiger partial charge in [-0.3, -0.25) is 14.6 Å². The molecule has 1 aliphatic carbocycles. The van der Waals surface area contributed by atoms with E-state index in [1.54, 1.807) is 18.7 Å². The van der Waals surface area contributed by atoms with E-state index < -0.39 is 28.5 Å². The van der Waals surface area contributed by atoms with Crippen molar-refractivity contribution in [2.45, 2.75) is 72.1 Å². The van der Waals surface area contributed by atoms with Gasteiger partial charge >= 0.3 is 12.1 Å². The summed E-state index contributed by atoms with van der Waals surface area (Å²) in [5.74, 6) is -0.860. The van der Waals surface area contributed by atoms with Crippen LogP contribution in [0.25, 0.3) is 0 Å². The van der Waals surface area contributed by atoms with Crippen LogP contribution in [0.4, 0.5) is 13.2 Å². The first kappa shape index (κ1) is 24.5. The molecule has 0 radical (unpaired) electrons. The van der Waals surface area contributed by atoms with Crippen molar-refractivity contribution in [3.63, 3.8) is 0 Å². The molecule has 1 saturated carbocycles. The molecule has 32 heavy (non-hydrogen) atoms. The van der Waals surface area contributed by atoms with Crippen LogP contribution in [0.15, 0.2) is 12.3 Å². The lowest BCUT2D eigenvalue weighted by atomic mass is 9.74. The fraction of sp³-hybridized carbons (Fsp3) is 0.696. The smallest absolute Gasteiger partial charge is 0.417 e. The SMILES string of the molecule is CC(C)[C@]1(C(=O)N2CCc3ncc(C(F)(F)F)cc3C2)CC[C@@H](NCC(C)(C)C(=O)O)C1. The van der Waals surface area contributed by atoms with E-state index in [1.165, 1.54) is 0 Å². The minimum absolute atomic E-state index is 0.0237. The number of alkyl halides is 3. The number of fused-ring (bicyclic) bond motifs is 1. The Morgan fingerprint density at radius 2 is 2.03 bits per heavy atom. The minimum atomic E-state index is -4.47. The average Bonchev–Trinajstić information content (AvgIpc) is 3.16. The van der Waals surface area contributed by atoms with E-state index in [9.17, 15) is 27.9 Å². The lowest BCUT2D eigenvalue weighted by molar-refractivity contribution is -0.147. The number of aromatic nitrogens is 1. The van der Waals surface area contributed by atoms with Crippen molar-refractivity contribution in [3.05, 3.63) is 29.1 Å². The van der Waals surface area contributed by atoms with Gasteiger partial charge in [-0.05, 0) is 50.7 Å². The zero-order chi connectivity index (χ0) is 23.9. The first-order chi connectivity index (χ1) is 14.8. The van der Waals surface area contributed by atoms with Crippen LogP contribution in [-0.4, -0.2) is 46.0 Å². The summed E-state index contributed by atoms with van der Waals surface area (Å²) in [6, 6.07) is 1.13. The van der Waals surface area contributed by atoms with Gasteiger partial charge in [0.25, 0.3) is 0 Å². The summed E-state index contributed by atoms with van der Waals surface area (Å²) >= 11 is 0. The van der Waals surface area contributed by atoms with Crippen molar-refractivity contribution in [3.8, 4) is 0 Å². The molecular weight excluding hydrogens is 423 g/mol. The highest BCUT2D eigenvalue weighted by Gasteiger charge is 2.49. The number of nitrogens with zero attached hydrogens (tertiary/aromatic N) is 2. The first-order valence-electron chi connectivity index (χ1n) is 11.1. The van der Waals surface area contributed by atoms with Gasteiger partial charge in [0.1, 0.15) is 0 Å². The molecule has 0 saturated heterocycles. The summed E-state index contributed by atoms with van der Waals surface area (Å²) < 4.78 is 39.3. The molecule has 178 valence electrons. The number of pyridine rings is 1. The molecule has 0 spiro atoms. The molecule has 9 heteroatoms. The lowest BCUT2D eigenvalue weighted by Gasteiger charge is -2.39. The highest BCUT2D eigenvalue weighted by molar-refractivity contribution is 5.84. The van der Waals surface area contributed by atoms with Crippen molar-refractivity contribution >= 4 is 11.9 Å². The molecule has 2 N–H and O–H groups in total. The molecule has 1 amide bonds. The van der Waals surface area contributed by atoms with Gasteiger partial charge in [-0.1, -0.05) is 13.8 Å². The third-order valence-electron chi connectivity index (χ3n) is 7.15. The third kappa shape index (κ3) is 4.77. The fourth-order valence-electron chi connectivity index (χ4n) is 4.76. The molecule has 1 aliphatic heterocycles. The van der Waals surface area contributed by atoms with E-state index in [0.29, 0.717) is 43.6 Å². The number of carbonyl (C=O) groups is 2. The van der Waals surface area contributed by atoms with Crippen LogP contribution in [0, 0.1) is 16.7 Å². The molecule has 6 nitrogen and oxygen atoms in total. The minimum Gasteiger partial charge on any atom is -0.481 e. The van der Waals surface area contributed by atoms with E-state index in [0.717, 1.165) is 18.7 Å². The molecule has 0 bridgehead atoms. The maximum Gasteiger partial charge on any atom is 0.417 e. The Bertz CT molecular complexity index is 885. The van der Waals surface area contributed by atoms with E-state index in [4.69, 9.17) is 0 Å². The maximum absolute atomic E-state index is 13.7. The van der Waals surface area contributed by atoms with Gasteiger partial charge in [0.05, 0.1) is 16.4 Å². The second-order valence-corrected chi connectivity index (χ2v) is 10.1. The Kier molecular flexibility index (Phi) is 6.62. The summed E-state index contributed by atoms with van der Waals surface area (Å²) in [5.41, 5.74) is -1.25. The van der Waals surface area contributed by atoms with Crippen molar-refractivity contribution in [1.29, 1.82) is 0 Å². The number of carboxylic acid groups (broad SMARTS) is 1. The monoisotopic (exact) mass is 455 g/mol. The zero-order valence-electron chi connectivity index (χ0n) is 19.1. The third-order valence-corrected chi connectivity index (χ3v) is 7.15. The lowest BCUT2D eigenvalue weighted by Crippen LogP contribution is -2.48. The van der Waals surface area contributed by atoms with Gasteiger partial charge in [0.2, 0.25) is 5.91 Å². The molecule has 0 unspecified atom stereocenters. The van der Waals surface area contributed by atoms with Crippen molar-refractivity contribution in [2.75, 3.05) is 13.1 Å². The van der Waals surface area contributed by atoms with E-state index in [2.05, 4.69) is 10.3 Å². The van der Waals surface area contributed by atoms with Crippen LogP contribution in [0.1, 0.15) is 63.8 Å². The number of amides is 1. The second-order valence-electron chi connectivity index (χ2n) is 10.1. The maximum atomic E-state index is 13.7. The number of nitrogens with one attached hydrogen (secondary N) is 1. The van der Waals surface area contributed by atoms with Gasteiger partial charge in [0.15, 0.2) is 0 Å². The molecule has 3 rings (SSSR count). The highest BCUT2D eigenvalue weighted by atomic mass is 19.4. The van der Waals surface area contributed by atoms with Crippen LogP contribution < -0.4 is 5.32 Å². The Balaban J connectivity index is 1.74. The topological polar surface area (TPSA) is 82.5 Å². The molecule has 0 aromatic carbocycles. The second kappa shape index (κ2) is 8.65. The standard InChI is InChI=1S/C23H32F3N3O3/c1-14(2)22(7-5-17(10-22)28-13-21(3,4)20(31)32)19(30)29-8-6-18-15(12-29)9-16(11-27-18)23(24,25)26/h9,11,14,17,28H,5-8,10,12-13H2,1-4H3,(H,31,32)/t17-,22+/m1/s1. The van der Waals surface area contributed by atoms with Crippen LogP contribution in [-0.2, 0) is 28.7 Å². The number of carboxylic acids is 1. The average molecular weight is 456 g/mol. The molecule has 1 aromatic heterocycles. The van der Waals surface area contributed by atoms with Crippen LogP contribution in [0.2, 0.25) is 0 Å². The van der Waals surface area contributed by atoms with Crippen molar-refractivity contribution in [2.24, 2.45) is 16.7 Å². The Morgan fingerprint density at radius 1 is 1.34 bits per heavy atom. The van der Waals surface area contributed by atoms with Crippen molar-refractivity contribution < 1.29 is 27.9 Å². The molecule has 2 atom stereocenters. The molecule has 2 aliphatic rings. The Hall–Kier alpha value is -2.16. The Labute approximate surface area is 186 Å². The highest BCUT2D eigenvalue weighted by Crippen LogP contribution is 2.46. The zero-order valence-corrected chi connectivity index (χ0v) is 19.1. The largest absolute Gasteiger partial charge is 0.481 e. The van der Waals surface area contributed by atoms with Gasteiger partial charge in [-0.15, -0.1) is 0 Å². The summed E-state index contributed by atoms with van der Waals surface area (Å²) in [5, 5.41) is 12.7. The van der Waals surface area contributed by atoms with E-state index in [1.807, 2.05) is 13.8 Å². The number of hydrogen-bond acceptors (Lipinski definition) is 4. The summed E-state index contributed by atoms with van der Waals surface area (Å²) in [7, 11) is 0. The van der Waals surface area contributed by atoms with Crippen LogP contribution in [0.3, 0.4) is 0 Å². The Morgan fingerprint density at radius 3 is 2.62 bits per heavy atom. The van der Waals surface area contributed by atoms with Crippen molar-refractivity contribution in [1.82, 2.24) is 15.2 Å². The number of hydrogen-bond donors (Lipinski definition) is 2. The normalized spacial score (nSPS) is 24.0.